The highest BCUT2D eigenvalue weighted by Gasteiger charge is 2.46. The summed E-state index contributed by atoms with van der Waals surface area (Å²) < 4.78 is 65.4. The van der Waals surface area contributed by atoms with Crippen LogP contribution >= 0.6 is 23.2 Å². The summed E-state index contributed by atoms with van der Waals surface area (Å²) in [5.74, 6) is -1.05. The summed E-state index contributed by atoms with van der Waals surface area (Å²) >= 11 is 12.3. The minimum Gasteiger partial charge on any atom is -0.380 e. The molecule has 2 aromatic rings. The second-order valence-electron chi connectivity index (χ2n) is 7.76. The fourth-order valence-corrected chi connectivity index (χ4v) is 4.49. The zero-order valence-electron chi connectivity index (χ0n) is 17.6. The van der Waals surface area contributed by atoms with Crippen LogP contribution in [0.1, 0.15) is 22.9 Å². The molecular weight excluding hydrogens is 504 g/mol. The summed E-state index contributed by atoms with van der Waals surface area (Å²) in [7, 11) is -2.79. The fraction of sp³-hybridized carbons (Fsp3) is 0.400. The standard InChI is InChI=1S/C20H21Cl2F3N4O3S/c1-29(17(30)10-27-33(2,31)32)19(20(23,24)25)16-6-4-12(9-26-16)28-13-7-11-3-5-15(21)18(22)14(11)8-13/h3-6,9,13,19,27-28H,7-8,10H2,1-2H3/t13?,19-/m0/s1. The Morgan fingerprint density at radius 1 is 1.24 bits per heavy atom. The van der Waals surface area contributed by atoms with Gasteiger partial charge in [-0.3, -0.25) is 9.78 Å². The molecule has 7 nitrogen and oxygen atoms in total. The topological polar surface area (TPSA) is 91.4 Å². The SMILES string of the molecule is CN(C(=O)CNS(C)(=O)=O)[C@@H](c1ccc(NC2Cc3ccc(Cl)c(Cl)c3C2)cn1)C(F)(F)F. The van der Waals surface area contributed by atoms with Crippen LogP contribution in [0.5, 0.6) is 0 Å². The summed E-state index contributed by atoms with van der Waals surface area (Å²) in [5, 5.41) is 4.19. The number of benzene rings is 1. The number of likely N-dealkylation sites (N-methyl/N-ethyl adjacent to an activating group) is 1. The molecule has 0 spiro atoms. The van der Waals surface area contributed by atoms with E-state index in [1.807, 2.05) is 10.8 Å². The number of fused-ring (bicyclic) bond motifs is 1. The molecule has 1 unspecified atom stereocenters. The van der Waals surface area contributed by atoms with Gasteiger partial charge in [-0.25, -0.2) is 13.1 Å². The van der Waals surface area contributed by atoms with Gasteiger partial charge in [0.05, 0.1) is 40.4 Å². The van der Waals surface area contributed by atoms with Gasteiger partial charge in [-0.15, -0.1) is 0 Å². The molecule has 0 radical (unpaired) electrons. The molecule has 1 amide bonds. The smallest absolute Gasteiger partial charge is 0.380 e. The fourth-order valence-electron chi connectivity index (χ4n) is 3.67. The van der Waals surface area contributed by atoms with E-state index < -0.39 is 40.4 Å². The van der Waals surface area contributed by atoms with Gasteiger partial charge in [-0.05, 0) is 42.2 Å². The molecular formula is C20H21Cl2F3N4O3S. The molecule has 2 N–H and O–H groups in total. The van der Waals surface area contributed by atoms with Gasteiger partial charge in [-0.2, -0.15) is 13.2 Å². The number of rotatable bonds is 7. The van der Waals surface area contributed by atoms with Gasteiger partial charge in [0, 0.05) is 13.1 Å². The molecule has 0 fully saturated rings. The minimum absolute atomic E-state index is 0.0339. The van der Waals surface area contributed by atoms with Crippen molar-refractivity contribution in [1.29, 1.82) is 0 Å². The van der Waals surface area contributed by atoms with Gasteiger partial charge in [0.2, 0.25) is 15.9 Å². The predicted molar refractivity (Wildman–Crippen MR) is 120 cm³/mol. The largest absolute Gasteiger partial charge is 0.414 e. The number of nitrogens with one attached hydrogen (secondary N) is 2. The van der Waals surface area contributed by atoms with Crippen molar-refractivity contribution in [3.8, 4) is 0 Å². The van der Waals surface area contributed by atoms with Crippen LogP contribution < -0.4 is 10.0 Å². The lowest BCUT2D eigenvalue weighted by Crippen LogP contribution is -2.44. The molecule has 1 aromatic heterocycles. The summed E-state index contributed by atoms with van der Waals surface area (Å²) in [5.41, 5.74) is 2.10. The Bertz CT molecular complexity index is 1140. The third-order valence-corrected chi connectivity index (χ3v) is 6.74. The van der Waals surface area contributed by atoms with Crippen LogP contribution in [0.3, 0.4) is 0 Å². The molecule has 1 aromatic carbocycles. The van der Waals surface area contributed by atoms with E-state index >= 15 is 0 Å². The minimum atomic E-state index is -4.82. The molecule has 0 saturated carbocycles. The van der Waals surface area contributed by atoms with E-state index in [4.69, 9.17) is 23.2 Å². The van der Waals surface area contributed by atoms with E-state index in [0.717, 1.165) is 24.4 Å². The van der Waals surface area contributed by atoms with E-state index in [1.165, 1.54) is 18.3 Å². The normalized spacial score (nSPS) is 16.9. The van der Waals surface area contributed by atoms with Crippen molar-refractivity contribution in [3.63, 3.8) is 0 Å². The number of amides is 1. The van der Waals surface area contributed by atoms with Crippen LogP contribution in [0.4, 0.5) is 18.9 Å². The molecule has 1 heterocycles. The maximum Gasteiger partial charge on any atom is 0.414 e. The van der Waals surface area contributed by atoms with Gasteiger partial charge in [0.25, 0.3) is 0 Å². The van der Waals surface area contributed by atoms with Crippen LogP contribution in [0.15, 0.2) is 30.5 Å². The van der Waals surface area contributed by atoms with Gasteiger partial charge >= 0.3 is 6.18 Å². The van der Waals surface area contributed by atoms with Gasteiger partial charge in [-0.1, -0.05) is 29.3 Å². The first-order valence-corrected chi connectivity index (χ1v) is 12.4. The number of carbonyl (C=O) groups is 1. The number of hydrogen-bond donors (Lipinski definition) is 2. The Balaban J connectivity index is 1.72. The first-order valence-electron chi connectivity index (χ1n) is 9.71. The van der Waals surface area contributed by atoms with Crippen LogP contribution in [0.2, 0.25) is 10.0 Å². The molecule has 2 atom stereocenters. The van der Waals surface area contributed by atoms with Crippen molar-refractivity contribution in [2.45, 2.75) is 31.1 Å². The maximum absolute atomic E-state index is 13.7. The Morgan fingerprint density at radius 3 is 2.52 bits per heavy atom. The molecule has 3 rings (SSSR count). The third-order valence-electron chi connectivity index (χ3n) is 5.22. The average molecular weight is 525 g/mol. The number of anilines is 1. The quantitative estimate of drug-likeness (QED) is 0.577. The average Bonchev–Trinajstić information content (AvgIpc) is 3.12. The second kappa shape index (κ2) is 9.65. The van der Waals surface area contributed by atoms with E-state index in [9.17, 15) is 26.4 Å². The molecule has 0 saturated heterocycles. The molecule has 0 bridgehead atoms. The van der Waals surface area contributed by atoms with Crippen LogP contribution in [-0.4, -0.2) is 56.3 Å². The Kier molecular flexibility index (Phi) is 7.47. The van der Waals surface area contributed by atoms with Gasteiger partial charge in [0.15, 0.2) is 6.04 Å². The van der Waals surface area contributed by atoms with Crippen molar-refractivity contribution in [2.75, 3.05) is 25.2 Å². The first-order chi connectivity index (χ1) is 15.3. The predicted octanol–water partition coefficient (Wildman–Crippen LogP) is 3.58. The number of carbonyl (C=O) groups excluding carboxylic acids is 1. The highest BCUT2D eigenvalue weighted by molar-refractivity contribution is 7.88. The number of halogens is 5. The lowest BCUT2D eigenvalue weighted by molar-refractivity contribution is -0.189. The van der Waals surface area contributed by atoms with Crippen molar-refractivity contribution in [2.24, 2.45) is 0 Å². The van der Waals surface area contributed by atoms with E-state index in [1.54, 1.807) is 6.07 Å². The van der Waals surface area contributed by atoms with Gasteiger partial charge < -0.3 is 10.2 Å². The zero-order valence-corrected chi connectivity index (χ0v) is 19.9. The number of sulfonamides is 1. The number of pyridine rings is 1. The van der Waals surface area contributed by atoms with Crippen molar-refractivity contribution >= 4 is 44.8 Å². The van der Waals surface area contributed by atoms with Crippen LogP contribution in [0, 0.1) is 0 Å². The number of hydrogen-bond acceptors (Lipinski definition) is 5. The van der Waals surface area contributed by atoms with Crippen molar-refractivity contribution < 1.29 is 26.4 Å². The van der Waals surface area contributed by atoms with Gasteiger partial charge in [0.1, 0.15) is 0 Å². The molecule has 13 heteroatoms. The van der Waals surface area contributed by atoms with E-state index in [-0.39, 0.29) is 6.04 Å². The summed E-state index contributed by atoms with van der Waals surface area (Å²) in [6.07, 6.45) is -1.48. The van der Waals surface area contributed by atoms with Crippen molar-refractivity contribution in [3.05, 3.63) is 57.3 Å². The Hall–Kier alpha value is -2.08. The summed E-state index contributed by atoms with van der Waals surface area (Å²) in [6, 6.07) is 3.88. The Labute approximate surface area is 199 Å². The molecule has 1 aliphatic carbocycles. The molecule has 0 aliphatic heterocycles. The number of nitrogens with zero attached hydrogens (tertiary/aromatic N) is 2. The molecule has 1 aliphatic rings. The van der Waals surface area contributed by atoms with E-state index in [0.29, 0.717) is 33.5 Å². The van der Waals surface area contributed by atoms with E-state index in [2.05, 4.69) is 10.3 Å². The number of alkyl halides is 3. The highest BCUT2D eigenvalue weighted by Crippen LogP contribution is 2.37. The monoisotopic (exact) mass is 524 g/mol. The maximum atomic E-state index is 13.7. The van der Waals surface area contributed by atoms with Crippen molar-refractivity contribution in [1.82, 2.24) is 14.6 Å². The lowest BCUT2D eigenvalue weighted by Gasteiger charge is -2.29. The number of aromatic nitrogens is 1. The lowest BCUT2D eigenvalue weighted by atomic mass is 10.1. The highest BCUT2D eigenvalue weighted by atomic mass is 35.5. The second-order valence-corrected chi connectivity index (χ2v) is 10.4. The summed E-state index contributed by atoms with van der Waals surface area (Å²) in [4.78, 5) is 16.5. The third kappa shape index (κ3) is 6.28. The molecule has 33 heavy (non-hydrogen) atoms. The first kappa shape index (κ1) is 25.5. The Morgan fingerprint density at radius 2 is 1.94 bits per heavy atom. The van der Waals surface area contributed by atoms with Crippen LogP contribution in [0.25, 0.3) is 0 Å². The van der Waals surface area contributed by atoms with Crippen LogP contribution in [-0.2, 0) is 27.7 Å². The molecule has 180 valence electrons. The summed E-state index contributed by atoms with van der Waals surface area (Å²) in [6.45, 7) is -0.795. The zero-order chi connectivity index (χ0) is 24.6.